The van der Waals surface area contributed by atoms with Gasteiger partial charge in [-0.25, -0.2) is 0 Å². The van der Waals surface area contributed by atoms with Crippen LogP contribution in [0.25, 0.3) is 0 Å². The van der Waals surface area contributed by atoms with Crippen molar-refractivity contribution in [3.63, 3.8) is 0 Å². The molecule has 2 nitrogen and oxygen atoms in total. The molecule has 10 heavy (non-hydrogen) atoms. The molecule has 0 N–H and O–H groups in total. The minimum atomic E-state index is 0.222. The van der Waals surface area contributed by atoms with E-state index in [2.05, 4.69) is 0 Å². The van der Waals surface area contributed by atoms with Gasteiger partial charge in [0.05, 0.1) is 13.2 Å². The third-order valence-corrected chi connectivity index (χ3v) is 1.59. The van der Waals surface area contributed by atoms with Crippen molar-refractivity contribution in [1.29, 1.82) is 0 Å². The Hall–Kier alpha value is -0.630. The summed E-state index contributed by atoms with van der Waals surface area (Å²) in [5.74, 6) is 0.222. The number of hydrogen-bond acceptors (Lipinski definition) is 2. The van der Waals surface area contributed by atoms with Crippen molar-refractivity contribution in [2.24, 2.45) is 0 Å². The van der Waals surface area contributed by atoms with Crippen LogP contribution in [0.4, 0.5) is 0 Å². The van der Waals surface area contributed by atoms with Gasteiger partial charge in [0.2, 0.25) is 0 Å². The van der Waals surface area contributed by atoms with E-state index in [1.54, 1.807) is 0 Å². The van der Waals surface area contributed by atoms with Gasteiger partial charge in [-0.15, -0.1) is 0 Å². The predicted octanol–water partition coefficient (Wildman–Crippen LogP) is 1.31. The largest absolute Gasteiger partial charge is 0.376 e. The lowest BCUT2D eigenvalue weighted by atomic mass is 10.1. The van der Waals surface area contributed by atoms with Gasteiger partial charge in [-0.1, -0.05) is 13.0 Å². The summed E-state index contributed by atoms with van der Waals surface area (Å²) in [5.41, 5.74) is 0.855. The summed E-state index contributed by atoms with van der Waals surface area (Å²) in [5, 5.41) is 0. The SMILES string of the molecule is CCC(=O)C1=CCCOC1. The molecule has 0 aliphatic carbocycles. The van der Waals surface area contributed by atoms with E-state index in [-0.39, 0.29) is 5.78 Å². The Kier molecular flexibility index (Phi) is 2.63. The van der Waals surface area contributed by atoms with Crippen LogP contribution < -0.4 is 0 Å². The van der Waals surface area contributed by atoms with Gasteiger partial charge in [-0.05, 0) is 6.42 Å². The molecule has 0 atom stereocenters. The van der Waals surface area contributed by atoms with Crippen LogP contribution in [0, 0.1) is 0 Å². The molecule has 0 aromatic carbocycles. The highest BCUT2D eigenvalue weighted by Gasteiger charge is 2.09. The lowest BCUT2D eigenvalue weighted by molar-refractivity contribution is -0.116. The summed E-state index contributed by atoms with van der Waals surface area (Å²) < 4.78 is 5.12. The lowest BCUT2D eigenvalue weighted by Gasteiger charge is -2.10. The Morgan fingerprint density at radius 1 is 1.80 bits per heavy atom. The molecule has 1 aliphatic rings. The fourth-order valence-electron chi connectivity index (χ4n) is 0.979. The first kappa shape index (κ1) is 7.48. The highest BCUT2D eigenvalue weighted by Crippen LogP contribution is 2.07. The first-order valence-corrected chi connectivity index (χ1v) is 3.64. The van der Waals surface area contributed by atoms with Gasteiger partial charge in [0.15, 0.2) is 5.78 Å². The van der Waals surface area contributed by atoms with Crippen LogP contribution in [0.15, 0.2) is 11.6 Å². The van der Waals surface area contributed by atoms with Gasteiger partial charge in [-0.2, -0.15) is 0 Å². The fourth-order valence-corrected chi connectivity index (χ4v) is 0.979. The number of rotatable bonds is 2. The molecular formula is C8H12O2. The van der Waals surface area contributed by atoms with Crippen molar-refractivity contribution in [3.8, 4) is 0 Å². The maximum absolute atomic E-state index is 11.0. The summed E-state index contributed by atoms with van der Waals surface area (Å²) in [4.78, 5) is 11.0. The van der Waals surface area contributed by atoms with E-state index in [0.717, 1.165) is 18.6 Å². The summed E-state index contributed by atoms with van der Waals surface area (Å²) in [7, 11) is 0. The monoisotopic (exact) mass is 140 g/mol. The van der Waals surface area contributed by atoms with E-state index < -0.39 is 0 Å². The Morgan fingerprint density at radius 2 is 2.60 bits per heavy atom. The molecule has 0 fully saturated rings. The van der Waals surface area contributed by atoms with Gasteiger partial charge < -0.3 is 4.74 Å². The topological polar surface area (TPSA) is 26.3 Å². The summed E-state index contributed by atoms with van der Waals surface area (Å²) in [6.45, 7) is 3.16. The molecule has 0 unspecified atom stereocenters. The van der Waals surface area contributed by atoms with Gasteiger partial charge in [0, 0.05) is 12.0 Å². The smallest absolute Gasteiger partial charge is 0.160 e. The molecule has 0 bridgehead atoms. The molecule has 1 rings (SSSR count). The van der Waals surface area contributed by atoms with E-state index >= 15 is 0 Å². The number of ether oxygens (including phenoxy) is 1. The second kappa shape index (κ2) is 3.52. The van der Waals surface area contributed by atoms with E-state index in [1.165, 1.54) is 0 Å². The van der Waals surface area contributed by atoms with Crippen molar-refractivity contribution >= 4 is 5.78 Å². The molecule has 0 spiro atoms. The molecular weight excluding hydrogens is 128 g/mol. The first-order valence-electron chi connectivity index (χ1n) is 3.64. The first-order chi connectivity index (χ1) is 4.84. The van der Waals surface area contributed by atoms with Crippen molar-refractivity contribution in [1.82, 2.24) is 0 Å². The maximum Gasteiger partial charge on any atom is 0.160 e. The summed E-state index contributed by atoms with van der Waals surface area (Å²) in [6, 6.07) is 0. The van der Waals surface area contributed by atoms with Crippen molar-refractivity contribution in [2.45, 2.75) is 19.8 Å². The van der Waals surface area contributed by atoms with Gasteiger partial charge in [0.1, 0.15) is 0 Å². The fraction of sp³-hybridized carbons (Fsp3) is 0.625. The minimum absolute atomic E-state index is 0.222. The van der Waals surface area contributed by atoms with E-state index in [9.17, 15) is 4.79 Å². The number of ketones is 1. The van der Waals surface area contributed by atoms with E-state index in [4.69, 9.17) is 4.74 Å². The average Bonchev–Trinajstić information content (AvgIpc) is 2.05. The number of carbonyl (C=O) groups excluding carboxylic acids is 1. The van der Waals surface area contributed by atoms with Crippen LogP contribution in [0.2, 0.25) is 0 Å². The van der Waals surface area contributed by atoms with E-state index in [0.29, 0.717) is 13.0 Å². The van der Waals surface area contributed by atoms with Gasteiger partial charge in [0.25, 0.3) is 0 Å². The normalized spacial score (nSPS) is 18.3. The number of carbonyl (C=O) groups is 1. The van der Waals surface area contributed by atoms with Crippen LogP contribution in [-0.2, 0) is 9.53 Å². The zero-order valence-electron chi connectivity index (χ0n) is 6.22. The average molecular weight is 140 g/mol. The van der Waals surface area contributed by atoms with Crippen LogP contribution >= 0.6 is 0 Å². The van der Waals surface area contributed by atoms with Gasteiger partial charge in [-0.3, -0.25) is 4.79 Å². The van der Waals surface area contributed by atoms with Crippen LogP contribution in [-0.4, -0.2) is 19.0 Å². The molecule has 56 valence electrons. The Labute approximate surface area is 60.9 Å². The number of Topliss-reactive ketones (excluding diaryl/α,β-unsaturated/α-hetero) is 1. The molecule has 0 aromatic rings. The summed E-state index contributed by atoms with van der Waals surface area (Å²) >= 11 is 0. The third kappa shape index (κ3) is 1.67. The molecule has 1 aliphatic heterocycles. The zero-order valence-corrected chi connectivity index (χ0v) is 6.22. The Morgan fingerprint density at radius 3 is 3.10 bits per heavy atom. The highest BCUT2D eigenvalue weighted by atomic mass is 16.5. The molecule has 0 radical (unpaired) electrons. The number of hydrogen-bond donors (Lipinski definition) is 0. The molecule has 0 aromatic heterocycles. The van der Waals surface area contributed by atoms with E-state index in [1.807, 2.05) is 13.0 Å². The van der Waals surface area contributed by atoms with Crippen LogP contribution in [0.1, 0.15) is 19.8 Å². The molecule has 0 saturated heterocycles. The van der Waals surface area contributed by atoms with Gasteiger partial charge >= 0.3 is 0 Å². The molecule has 0 amide bonds. The molecule has 2 heteroatoms. The van der Waals surface area contributed by atoms with Crippen molar-refractivity contribution < 1.29 is 9.53 Å². The third-order valence-electron chi connectivity index (χ3n) is 1.59. The second-order valence-electron chi connectivity index (χ2n) is 2.35. The Bertz CT molecular complexity index is 159. The zero-order chi connectivity index (χ0) is 7.40. The van der Waals surface area contributed by atoms with Crippen molar-refractivity contribution in [3.05, 3.63) is 11.6 Å². The summed E-state index contributed by atoms with van der Waals surface area (Å²) in [6.07, 6.45) is 3.46. The molecule has 1 heterocycles. The van der Waals surface area contributed by atoms with Crippen LogP contribution in [0.3, 0.4) is 0 Å². The molecule has 0 saturated carbocycles. The highest BCUT2D eigenvalue weighted by molar-refractivity contribution is 5.95. The minimum Gasteiger partial charge on any atom is -0.376 e. The van der Waals surface area contributed by atoms with Crippen LogP contribution in [0.5, 0.6) is 0 Å². The Balaban J connectivity index is 2.53. The quantitative estimate of drug-likeness (QED) is 0.578. The lowest BCUT2D eigenvalue weighted by Crippen LogP contribution is -2.12. The van der Waals surface area contributed by atoms with Crippen molar-refractivity contribution in [2.75, 3.05) is 13.2 Å². The standard InChI is InChI=1S/C8H12O2/c1-2-8(9)7-4-3-5-10-6-7/h4H,2-3,5-6H2,1H3. The maximum atomic E-state index is 11.0. The predicted molar refractivity (Wildman–Crippen MR) is 38.8 cm³/mol. The second-order valence-corrected chi connectivity index (χ2v) is 2.35.